The molecule has 0 unspecified atom stereocenters. The van der Waals surface area contributed by atoms with E-state index in [-0.39, 0.29) is 31.6 Å². The van der Waals surface area contributed by atoms with Crippen molar-refractivity contribution in [2.24, 2.45) is 5.92 Å². The van der Waals surface area contributed by atoms with Crippen LogP contribution >= 0.6 is 11.6 Å². The summed E-state index contributed by atoms with van der Waals surface area (Å²) in [6.07, 6.45) is -0.0610. The van der Waals surface area contributed by atoms with E-state index in [1.807, 2.05) is 44.2 Å². The Labute approximate surface area is 148 Å². The summed E-state index contributed by atoms with van der Waals surface area (Å²) in [7, 11) is 0. The van der Waals surface area contributed by atoms with Crippen LogP contribution in [0.5, 0.6) is 0 Å². The summed E-state index contributed by atoms with van der Waals surface area (Å²) in [5, 5.41) is 0. The van der Waals surface area contributed by atoms with Crippen molar-refractivity contribution in [3.8, 4) is 0 Å². The largest absolute Gasteiger partial charge is 0.464 e. The molecule has 0 radical (unpaired) electrons. The van der Waals surface area contributed by atoms with Gasteiger partial charge in [-0.1, -0.05) is 44.2 Å². The average Bonchev–Trinajstić information content (AvgIpc) is 2.56. The van der Waals surface area contributed by atoms with Gasteiger partial charge in [-0.15, -0.1) is 11.6 Å². The molecular weight excluding hydrogens is 330 g/mol. The second-order valence-corrected chi connectivity index (χ2v) is 6.20. The van der Waals surface area contributed by atoms with Gasteiger partial charge in [0.1, 0.15) is 12.6 Å². The topological polar surface area (TPSA) is 55.8 Å². The van der Waals surface area contributed by atoms with Gasteiger partial charge in [-0.05, 0) is 24.8 Å². The number of halogens is 1. The number of ether oxygens (including phenoxy) is 2. The minimum absolute atomic E-state index is 0.148. The first-order valence-corrected chi connectivity index (χ1v) is 8.72. The molecule has 0 N–H and O–H groups in total. The first-order valence-electron chi connectivity index (χ1n) is 8.19. The zero-order chi connectivity index (χ0) is 17.9. The van der Waals surface area contributed by atoms with Gasteiger partial charge in [0.15, 0.2) is 0 Å². The van der Waals surface area contributed by atoms with Crippen LogP contribution in [0.3, 0.4) is 0 Å². The summed E-state index contributed by atoms with van der Waals surface area (Å²) in [4.78, 5) is 26.1. The standard InChI is InChI=1S/C18H26ClNO4/c1-4-23-17(21)16(12-14(2)3)20(11-10-19)18(22)24-13-15-8-6-5-7-9-15/h5-9,14,16H,4,10-13H2,1-3H3/t16-/m0/s1. The zero-order valence-electron chi connectivity index (χ0n) is 14.5. The van der Waals surface area contributed by atoms with Gasteiger partial charge in [-0.2, -0.15) is 0 Å². The van der Waals surface area contributed by atoms with Crippen molar-refractivity contribution in [2.45, 2.75) is 39.8 Å². The van der Waals surface area contributed by atoms with Crippen molar-refractivity contribution in [1.82, 2.24) is 4.90 Å². The second kappa shape index (κ2) is 10.9. The number of hydrogen-bond donors (Lipinski definition) is 0. The Morgan fingerprint density at radius 2 is 1.83 bits per heavy atom. The molecule has 0 aromatic heterocycles. The van der Waals surface area contributed by atoms with Gasteiger partial charge < -0.3 is 9.47 Å². The molecule has 0 spiro atoms. The highest BCUT2D eigenvalue weighted by Gasteiger charge is 2.32. The zero-order valence-corrected chi connectivity index (χ0v) is 15.3. The molecule has 0 aliphatic carbocycles. The summed E-state index contributed by atoms with van der Waals surface area (Å²) >= 11 is 5.82. The highest BCUT2D eigenvalue weighted by molar-refractivity contribution is 6.18. The highest BCUT2D eigenvalue weighted by atomic mass is 35.5. The Kier molecular flexibility index (Phi) is 9.23. The molecular formula is C18H26ClNO4. The van der Waals surface area contributed by atoms with Gasteiger partial charge in [0, 0.05) is 12.4 Å². The Balaban J connectivity index is 2.82. The molecule has 0 aliphatic heterocycles. The lowest BCUT2D eigenvalue weighted by Gasteiger charge is -2.30. The molecule has 0 aliphatic rings. The summed E-state index contributed by atoms with van der Waals surface area (Å²) in [6, 6.07) is 8.70. The van der Waals surface area contributed by atoms with E-state index in [1.165, 1.54) is 4.90 Å². The number of carbonyl (C=O) groups excluding carboxylic acids is 2. The number of alkyl halides is 1. The Morgan fingerprint density at radius 3 is 2.38 bits per heavy atom. The van der Waals surface area contributed by atoms with Gasteiger partial charge >= 0.3 is 12.1 Å². The third kappa shape index (κ3) is 6.79. The number of esters is 1. The van der Waals surface area contributed by atoms with Crippen LogP contribution in [0.15, 0.2) is 30.3 Å². The fourth-order valence-electron chi connectivity index (χ4n) is 2.30. The third-order valence-corrected chi connectivity index (χ3v) is 3.56. The maximum Gasteiger partial charge on any atom is 0.410 e. The van der Waals surface area contributed by atoms with Crippen molar-refractivity contribution in [1.29, 1.82) is 0 Å². The lowest BCUT2D eigenvalue weighted by molar-refractivity contribution is -0.149. The molecule has 0 bridgehead atoms. The summed E-state index contributed by atoms with van der Waals surface area (Å²) < 4.78 is 10.5. The predicted octanol–water partition coefficient (Wildman–Crippen LogP) is 3.84. The fraction of sp³-hybridized carbons (Fsp3) is 0.556. The van der Waals surface area contributed by atoms with E-state index in [2.05, 4.69) is 0 Å². The molecule has 5 nitrogen and oxygen atoms in total. The molecule has 134 valence electrons. The number of carbonyl (C=O) groups is 2. The number of hydrogen-bond acceptors (Lipinski definition) is 4. The number of rotatable bonds is 9. The highest BCUT2D eigenvalue weighted by Crippen LogP contribution is 2.16. The Hall–Kier alpha value is -1.75. The van der Waals surface area contributed by atoms with Gasteiger partial charge in [-0.25, -0.2) is 9.59 Å². The Morgan fingerprint density at radius 1 is 1.17 bits per heavy atom. The lowest BCUT2D eigenvalue weighted by Crippen LogP contribution is -2.47. The molecule has 1 atom stereocenters. The van der Waals surface area contributed by atoms with Crippen LogP contribution in [0, 0.1) is 5.92 Å². The van der Waals surface area contributed by atoms with E-state index in [9.17, 15) is 9.59 Å². The molecule has 0 heterocycles. The molecule has 0 saturated heterocycles. The Bertz CT molecular complexity index is 507. The first-order chi connectivity index (χ1) is 11.5. The summed E-state index contributed by atoms with van der Waals surface area (Å²) in [5.41, 5.74) is 0.883. The van der Waals surface area contributed by atoms with E-state index in [4.69, 9.17) is 21.1 Å². The van der Waals surface area contributed by atoms with Crippen LogP contribution in [0.2, 0.25) is 0 Å². The van der Waals surface area contributed by atoms with Crippen molar-refractivity contribution in [3.05, 3.63) is 35.9 Å². The molecule has 6 heteroatoms. The minimum Gasteiger partial charge on any atom is -0.464 e. The van der Waals surface area contributed by atoms with Gasteiger partial charge in [0.2, 0.25) is 0 Å². The molecule has 0 fully saturated rings. The molecule has 1 aromatic carbocycles. The smallest absolute Gasteiger partial charge is 0.410 e. The quantitative estimate of drug-likeness (QED) is 0.499. The lowest BCUT2D eigenvalue weighted by atomic mass is 10.0. The molecule has 1 aromatic rings. The predicted molar refractivity (Wildman–Crippen MR) is 93.9 cm³/mol. The van der Waals surface area contributed by atoms with E-state index in [0.29, 0.717) is 6.42 Å². The van der Waals surface area contributed by atoms with Gasteiger partial charge in [0.25, 0.3) is 0 Å². The molecule has 0 saturated carbocycles. The average molecular weight is 356 g/mol. The van der Waals surface area contributed by atoms with Crippen LogP contribution in [0.25, 0.3) is 0 Å². The monoisotopic (exact) mass is 355 g/mol. The first kappa shape index (κ1) is 20.3. The number of amides is 1. The van der Waals surface area contributed by atoms with E-state index in [1.54, 1.807) is 6.92 Å². The second-order valence-electron chi connectivity index (χ2n) is 5.82. The SMILES string of the molecule is CCOC(=O)[C@H](CC(C)C)N(CCCl)C(=O)OCc1ccccc1. The molecule has 1 amide bonds. The van der Waals surface area contributed by atoms with Gasteiger partial charge in [0.05, 0.1) is 6.61 Å². The fourth-order valence-corrected chi connectivity index (χ4v) is 2.49. The maximum atomic E-state index is 12.5. The van der Waals surface area contributed by atoms with Crippen LogP contribution in [0.4, 0.5) is 4.79 Å². The van der Waals surface area contributed by atoms with Crippen molar-refractivity contribution >= 4 is 23.7 Å². The number of benzene rings is 1. The third-order valence-electron chi connectivity index (χ3n) is 3.39. The van der Waals surface area contributed by atoms with Crippen molar-refractivity contribution in [3.63, 3.8) is 0 Å². The van der Waals surface area contributed by atoms with Crippen LogP contribution in [0.1, 0.15) is 32.8 Å². The van der Waals surface area contributed by atoms with E-state index >= 15 is 0 Å². The van der Waals surface area contributed by atoms with Gasteiger partial charge in [-0.3, -0.25) is 4.90 Å². The minimum atomic E-state index is -0.688. The summed E-state index contributed by atoms with van der Waals surface area (Å²) in [6.45, 7) is 6.35. The maximum absolute atomic E-state index is 12.5. The van der Waals surface area contributed by atoms with E-state index < -0.39 is 18.1 Å². The number of nitrogens with zero attached hydrogens (tertiary/aromatic N) is 1. The van der Waals surface area contributed by atoms with E-state index in [0.717, 1.165) is 5.56 Å². The normalized spacial score (nSPS) is 11.9. The van der Waals surface area contributed by atoms with Crippen LogP contribution < -0.4 is 0 Å². The van der Waals surface area contributed by atoms with Crippen LogP contribution in [-0.4, -0.2) is 42.0 Å². The van der Waals surface area contributed by atoms with Crippen molar-refractivity contribution in [2.75, 3.05) is 19.0 Å². The van der Waals surface area contributed by atoms with Crippen molar-refractivity contribution < 1.29 is 19.1 Å². The summed E-state index contributed by atoms with van der Waals surface area (Å²) in [5.74, 6) is 0.0150. The van der Waals surface area contributed by atoms with Crippen LogP contribution in [-0.2, 0) is 20.9 Å². The molecule has 1 rings (SSSR count). The molecule has 24 heavy (non-hydrogen) atoms.